The number of aromatic amines is 1. The molecule has 0 spiro atoms. The van der Waals surface area contributed by atoms with Crippen LogP contribution in [0.2, 0.25) is 0 Å². The number of nitrogens with one attached hydrogen (secondary N) is 2. The van der Waals surface area contributed by atoms with Crippen LogP contribution in [0.4, 0.5) is 0 Å². The Morgan fingerprint density at radius 1 is 1.80 bits per heavy atom. The molecule has 0 amide bonds. The molecule has 1 rings (SSSR count). The third-order valence-electron chi connectivity index (χ3n) is 1.04. The average molecular weight is 172 g/mol. The van der Waals surface area contributed by atoms with E-state index in [-0.39, 0.29) is 1.43 Å². The Hall–Kier alpha value is -0.740. The molecule has 0 unspecified atom stereocenters. The van der Waals surface area contributed by atoms with Crippen LogP contribution in [-0.4, -0.2) is 11.2 Å². The quantitative estimate of drug-likeness (QED) is 0.522. The molecule has 4 heteroatoms. The Bertz CT molecular complexity index is 284. The van der Waals surface area contributed by atoms with Gasteiger partial charge < -0.3 is 10.4 Å². The fourth-order valence-corrected chi connectivity index (χ4v) is 1.65. The van der Waals surface area contributed by atoms with Crippen LogP contribution in [-0.2, 0) is 0 Å². The van der Waals surface area contributed by atoms with Crippen LogP contribution in [0.1, 0.15) is 12.0 Å². The van der Waals surface area contributed by atoms with Crippen molar-refractivity contribution in [2.24, 2.45) is 0 Å². The van der Waals surface area contributed by atoms with Crippen molar-refractivity contribution in [3.63, 3.8) is 0 Å². The average Bonchev–Trinajstić information content (AvgIpc) is 2.30. The largest absolute Gasteiger partial charge is 0.337 e. The van der Waals surface area contributed by atoms with Crippen LogP contribution in [0.25, 0.3) is 6.08 Å². The molecular weight excluding hydrogens is 164 g/mol. The normalized spacial score (nSPS) is 9.20. The van der Waals surface area contributed by atoms with Gasteiger partial charge in [0.05, 0.1) is 10.6 Å². The predicted octanol–water partition coefficient (Wildman–Crippen LogP) is 2.69. The second-order valence-corrected chi connectivity index (χ2v) is 3.36. The van der Waals surface area contributed by atoms with Gasteiger partial charge in [0.1, 0.15) is 0 Å². The number of hydrogen-bond donors (Lipinski definition) is 2. The number of hydrogen-bond acceptors (Lipinski definition) is 3. The highest BCUT2D eigenvalue weighted by Gasteiger charge is 1.97. The van der Waals surface area contributed by atoms with E-state index in [1.165, 1.54) is 17.6 Å². The highest BCUT2D eigenvalue weighted by atomic mass is 32.1. The molecule has 0 atom stereocenters. The Morgan fingerprint density at radius 2 is 2.50 bits per heavy atom. The van der Waals surface area contributed by atoms with E-state index >= 15 is 0 Å². The van der Waals surface area contributed by atoms with Crippen molar-refractivity contribution in [1.82, 2.24) is 4.98 Å². The molecule has 0 saturated heterocycles. The molecule has 0 aliphatic carbocycles. The van der Waals surface area contributed by atoms with E-state index in [1.54, 1.807) is 6.08 Å². The lowest BCUT2D eigenvalue weighted by molar-refractivity contribution is 1.35. The molecule has 2 N–H and O–H groups in total. The summed E-state index contributed by atoms with van der Waals surface area (Å²) in [4.78, 5) is 3.74. The monoisotopic (exact) mass is 172 g/mol. The molecule has 1 aromatic heterocycles. The second kappa shape index (κ2) is 2.90. The zero-order chi connectivity index (χ0) is 7.56. The summed E-state index contributed by atoms with van der Waals surface area (Å²) < 4.78 is 0.688. The van der Waals surface area contributed by atoms with Gasteiger partial charge in [-0.3, -0.25) is 0 Å². The SMILES string of the molecule is C=Cc1[nH]c(=S)sc1C=N.[HH]. The summed E-state index contributed by atoms with van der Waals surface area (Å²) in [7, 11) is 0. The van der Waals surface area contributed by atoms with Crippen LogP contribution < -0.4 is 0 Å². The minimum absolute atomic E-state index is 0. The number of aromatic nitrogens is 1. The number of rotatable bonds is 2. The van der Waals surface area contributed by atoms with Crippen molar-refractivity contribution < 1.29 is 1.43 Å². The molecule has 0 saturated carbocycles. The summed E-state index contributed by atoms with van der Waals surface area (Å²) >= 11 is 6.25. The molecule has 1 aromatic rings. The van der Waals surface area contributed by atoms with E-state index in [0.717, 1.165) is 10.6 Å². The summed E-state index contributed by atoms with van der Waals surface area (Å²) in [6.07, 6.45) is 2.93. The first-order valence-electron chi connectivity index (χ1n) is 2.64. The van der Waals surface area contributed by atoms with Crippen molar-refractivity contribution >= 4 is 35.8 Å². The van der Waals surface area contributed by atoms with Crippen molar-refractivity contribution in [2.45, 2.75) is 0 Å². The maximum absolute atomic E-state index is 6.97. The molecule has 10 heavy (non-hydrogen) atoms. The van der Waals surface area contributed by atoms with Crippen LogP contribution in [0.3, 0.4) is 0 Å². The molecule has 1 heterocycles. The lowest BCUT2D eigenvalue weighted by Crippen LogP contribution is -1.76. The van der Waals surface area contributed by atoms with Crippen LogP contribution in [0.5, 0.6) is 0 Å². The Morgan fingerprint density at radius 3 is 2.90 bits per heavy atom. The molecule has 0 radical (unpaired) electrons. The first-order chi connectivity index (χ1) is 4.77. The molecule has 0 bridgehead atoms. The van der Waals surface area contributed by atoms with Gasteiger partial charge in [-0.2, -0.15) is 0 Å². The first-order valence-corrected chi connectivity index (χ1v) is 3.86. The van der Waals surface area contributed by atoms with Crippen LogP contribution in [0.15, 0.2) is 6.58 Å². The predicted molar refractivity (Wildman–Crippen MR) is 49.6 cm³/mol. The summed E-state index contributed by atoms with van der Waals surface area (Å²) in [6, 6.07) is 0. The number of H-pyrrole nitrogens is 1. The third-order valence-corrected chi connectivity index (χ3v) is 2.24. The highest BCUT2D eigenvalue weighted by Crippen LogP contribution is 2.13. The standard InChI is InChI=1S/C6H6N2S2.H2/c1-2-4-5(3-7)10-6(9)8-4;/h2-3,7H,1H2,(H,8,9);1H. The highest BCUT2D eigenvalue weighted by molar-refractivity contribution is 7.73. The van der Waals surface area contributed by atoms with Crippen LogP contribution in [0, 0.1) is 9.36 Å². The number of thiazole rings is 1. The van der Waals surface area contributed by atoms with Gasteiger partial charge in [-0.15, -0.1) is 11.3 Å². The molecular formula is C6H8N2S2. The van der Waals surface area contributed by atoms with Gasteiger partial charge in [-0.25, -0.2) is 0 Å². The van der Waals surface area contributed by atoms with Gasteiger partial charge >= 0.3 is 0 Å². The topological polar surface area (TPSA) is 39.6 Å². The van der Waals surface area contributed by atoms with Crippen molar-refractivity contribution in [1.29, 1.82) is 5.41 Å². The summed E-state index contributed by atoms with van der Waals surface area (Å²) in [5.41, 5.74) is 0.838. The lowest BCUT2D eigenvalue weighted by atomic mass is 10.4. The molecule has 0 fully saturated rings. The van der Waals surface area contributed by atoms with Gasteiger partial charge in [0.15, 0.2) is 3.95 Å². The minimum atomic E-state index is 0. The second-order valence-electron chi connectivity index (χ2n) is 1.64. The molecule has 54 valence electrons. The van der Waals surface area contributed by atoms with Gasteiger partial charge in [0.2, 0.25) is 0 Å². The fourth-order valence-electron chi connectivity index (χ4n) is 0.611. The summed E-state index contributed by atoms with van der Waals surface area (Å²) in [6.45, 7) is 3.58. The van der Waals surface area contributed by atoms with E-state index in [2.05, 4.69) is 11.6 Å². The lowest BCUT2D eigenvalue weighted by Gasteiger charge is -1.83. The fraction of sp³-hybridized carbons (Fsp3) is 0. The first kappa shape index (κ1) is 7.37. The van der Waals surface area contributed by atoms with E-state index in [9.17, 15) is 0 Å². The van der Waals surface area contributed by atoms with Gasteiger partial charge in [-0.1, -0.05) is 6.58 Å². The summed E-state index contributed by atoms with van der Waals surface area (Å²) in [5.74, 6) is 0. The van der Waals surface area contributed by atoms with Crippen molar-refractivity contribution in [2.75, 3.05) is 0 Å². The molecule has 2 nitrogen and oxygen atoms in total. The maximum Gasteiger partial charge on any atom is 0.159 e. The Balaban J connectivity index is 0.000001000. The van der Waals surface area contributed by atoms with Gasteiger partial charge in [-0.05, 0) is 18.3 Å². The van der Waals surface area contributed by atoms with E-state index in [4.69, 9.17) is 17.6 Å². The smallest absolute Gasteiger partial charge is 0.159 e. The van der Waals surface area contributed by atoms with Crippen molar-refractivity contribution in [3.05, 3.63) is 21.1 Å². The van der Waals surface area contributed by atoms with E-state index < -0.39 is 0 Å². The van der Waals surface area contributed by atoms with Crippen LogP contribution >= 0.6 is 23.6 Å². The van der Waals surface area contributed by atoms with E-state index in [0.29, 0.717) is 3.95 Å². The third kappa shape index (κ3) is 1.22. The Kier molecular flexibility index (Phi) is 2.13. The molecule has 0 aromatic carbocycles. The zero-order valence-corrected chi connectivity index (χ0v) is 6.81. The van der Waals surface area contributed by atoms with E-state index in [1.807, 2.05) is 0 Å². The van der Waals surface area contributed by atoms with Gasteiger partial charge in [0, 0.05) is 7.64 Å². The Labute approximate surface area is 69.2 Å². The molecule has 0 aliphatic rings. The molecule has 0 aliphatic heterocycles. The zero-order valence-electron chi connectivity index (χ0n) is 5.18. The van der Waals surface area contributed by atoms with Gasteiger partial charge in [0.25, 0.3) is 0 Å². The minimum Gasteiger partial charge on any atom is -0.337 e. The maximum atomic E-state index is 6.97. The summed E-state index contributed by atoms with van der Waals surface area (Å²) in [5, 5.41) is 6.97. The van der Waals surface area contributed by atoms with Crippen molar-refractivity contribution in [3.8, 4) is 0 Å².